The van der Waals surface area contributed by atoms with Crippen LogP contribution in [0, 0.1) is 0 Å². The van der Waals surface area contributed by atoms with E-state index in [1.54, 1.807) is 24.3 Å². The van der Waals surface area contributed by atoms with Crippen molar-refractivity contribution in [1.82, 2.24) is 0 Å². The van der Waals surface area contributed by atoms with Crippen LogP contribution in [0.2, 0.25) is 0 Å². The van der Waals surface area contributed by atoms with Gasteiger partial charge in [-0.1, -0.05) is 15.9 Å². The number of hydrogen-bond donors (Lipinski definition) is 1. The highest BCUT2D eigenvalue weighted by molar-refractivity contribution is 9.10. The first-order chi connectivity index (χ1) is 5.24. The summed E-state index contributed by atoms with van der Waals surface area (Å²) in [6.07, 6.45) is 0.337. The first-order valence-corrected chi connectivity index (χ1v) is 3.72. The molecule has 0 bridgehead atoms. The minimum Gasteiger partial charge on any atom is -0.281 e. The monoisotopic (exact) mass is 215 g/mol. The number of carbonyl (C=O) groups is 1. The normalized spacial score (nSPS) is 9.27. The second-order valence-electron chi connectivity index (χ2n) is 1.93. The highest BCUT2D eigenvalue weighted by Gasteiger charge is 1.98. The van der Waals surface area contributed by atoms with Crippen molar-refractivity contribution in [3.05, 3.63) is 28.7 Å². The smallest absolute Gasteiger partial charge is 0.237 e. The predicted molar refractivity (Wildman–Crippen MR) is 44.5 cm³/mol. The molecule has 0 aliphatic carbocycles. The van der Waals surface area contributed by atoms with Gasteiger partial charge in [0.2, 0.25) is 6.41 Å². The lowest BCUT2D eigenvalue weighted by molar-refractivity contribution is -0.111. The molecule has 0 radical (unpaired) electrons. The number of amides is 1. The zero-order valence-corrected chi connectivity index (χ0v) is 7.15. The number of hydrogen-bond acceptors (Lipinski definition) is 2. The van der Waals surface area contributed by atoms with E-state index in [0.29, 0.717) is 17.2 Å². The Labute approximate surface area is 72.3 Å². The fourth-order valence-corrected chi connectivity index (χ4v) is 0.919. The van der Waals surface area contributed by atoms with Gasteiger partial charge in [-0.2, -0.15) is 5.06 Å². The number of benzene rings is 1. The van der Waals surface area contributed by atoms with Crippen LogP contribution in [0.1, 0.15) is 0 Å². The van der Waals surface area contributed by atoms with E-state index in [9.17, 15) is 4.79 Å². The van der Waals surface area contributed by atoms with Crippen LogP contribution in [-0.2, 0) is 4.79 Å². The molecule has 0 saturated heterocycles. The van der Waals surface area contributed by atoms with Crippen molar-refractivity contribution in [3.8, 4) is 0 Å². The highest BCUT2D eigenvalue weighted by atomic mass is 79.9. The molecule has 0 fully saturated rings. The van der Waals surface area contributed by atoms with E-state index >= 15 is 0 Å². The van der Waals surface area contributed by atoms with Crippen LogP contribution in [-0.4, -0.2) is 11.6 Å². The first-order valence-electron chi connectivity index (χ1n) is 2.93. The maximum absolute atomic E-state index is 10.1. The lowest BCUT2D eigenvalue weighted by atomic mass is 10.3. The van der Waals surface area contributed by atoms with Gasteiger partial charge in [0.25, 0.3) is 0 Å². The number of nitrogens with zero attached hydrogens (tertiary/aromatic N) is 1. The summed E-state index contributed by atoms with van der Waals surface area (Å²) in [5, 5.41) is 9.39. The average Bonchev–Trinajstić information content (AvgIpc) is 2.05. The molecular formula is C7H6BrNO2. The Balaban J connectivity index is 2.89. The fourth-order valence-electron chi connectivity index (χ4n) is 0.655. The molecule has 1 N–H and O–H groups in total. The Kier molecular flexibility index (Phi) is 2.62. The SMILES string of the molecule is O=CN(O)c1ccc(Br)cc1. The summed E-state index contributed by atoms with van der Waals surface area (Å²) >= 11 is 3.23. The van der Waals surface area contributed by atoms with Gasteiger partial charge in [0, 0.05) is 4.47 Å². The molecule has 0 heterocycles. The van der Waals surface area contributed by atoms with E-state index < -0.39 is 0 Å². The molecular weight excluding hydrogens is 210 g/mol. The lowest BCUT2D eigenvalue weighted by Crippen LogP contribution is -2.14. The van der Waals surface area contributed by atoms with E-state index in [1.165, 1.54) is 0 Å². The molecule has 11 heavy (non-hydrogen) atoms. The van der Waals surface area contributed by atoms with Crippen molar-refractivity contribution in [2.75, 3.05) is 5.06 Å². The van der Waals surface area contributed by atoms with Crippen molar-refractivity contribution in [2.45, 2.75) is 0 Å². The number of carbonyl (C=O) groups excluding carboxylic acids is 1. The average molecular weight is 216 g/mol. The van der Waals surface area contributed by atoms with E-state index in [-0.39, 0.29) is 0 Å². The van der Waals surface area contributed by atoms with Crippen LogP contribution in [0.4, 0.5) is 5.69 Å². The van der Waals surface area contributed by atoms with Crippen molar-refractivity contribution < 1.29 is 10.0 Å². The molecule has 1 rings (SSSR count). The molecule has 58 valence electrons. The third-order valence-corrected chi connectivity index (χ3v) is 1.72. The van der Waals surface area contributed by atoms with Crippen LogP contribution in [0.5, 0.6) is 0 Å². The van der Waals surface area contributed by atoms with Gasteiger partial charge in [-0.3, -0.25) is 10.0 Å². The first kappa shape index (κ1) is 8.23. The summed E-state index contributed by atoms with van der Waals surface area (Å²) in [7, 11) is 0. The Bertz CT molecular complexity index is 247. The minimum atomic E-state index is 0.337. The van der Waals surface area contributed by atoms with Crippen LogP contribution in [0.3, 0.4) is 0 Å². The highest BCUT2D eigenvalue weighted by Crippen LogP contribution is 2.15. The van der Waals surface area contributed by atoms with Crippen molar-refractivity contribution >= 4 is 28.0 Å². The molecule has 0 spiro atoms. The molecule has 0 atom stereocenters. The maximum atomic E-state index is 10.1. The van der Waals surface area contributed by atoms with Crippen LogP contribution in [0.15, 0.2) is 28.7 Å². The lowest BCUT2D eigenvalue weighted by Gasteiger charge is -2.06. The van der Waals surface area contributed by atoms with E-state index in [4.69, 9.17) is 5.21 Å². The quantitative estimate of drug-likeness (QED) is 0.465. The molecule has 1 aromatic rings. The maximum Gasteiger partial charge on any atom is 0.237 e. The Morgan fingerprint density at radius 2 is 1.91 bits per heavy atom. The zero-order valence-electron chi connectivity index (χ0n) is 5.57. The standard InChI is InChI=1S/C7H6BrNO2/c8-6-1-3-7(4-2-6)9(11)5-10/h1-5,11H. The third-order valence-electron chi connectivity index (χ3n) is 1.19. The number of hydroxylamine groups is 1. The molecule has 0 aliphatic heterocycles. The van der Waals surface area contributed by atoms with Crippen molar-refractivity contribution in [3.63, 3.8) is 0 Å². The molecule has 4 heteroatoms. The molecule has 0 unspecified atom stereocenters. The second-order valence-corrected chi connectivity index (χ2v) is 2.84. The van der Waals surface area contributed by atoms with Crippen LogP contribution < -0.4 is 5.06 Å². The number of halogens is 1. The Hall–Kier alpha value is -0.870. The fraction of sp³-hybridized carbons (Fsp3) is 0. The van der Waals surface area contributed by atoms with E-state index in [2.05, 4.69) is 15.9 Å². The van der Waals surface area contributed by atoms with Crippen LogP contribution in [0.25, 0.3) is 0 Å². The van der Waals surface area contributed by atoms with Gasteiger partial charge in [0.1, 0.15) is 0 Å². The van der Waals surface area contributed by atoms with Gasteiger partial charge in [0.05, 0.1) is 5.69 Å². The topological polar surface area (TPSA) is 40.5 Å². The largest absolute Gasteiger partial charge is 0.281 e. The number of rotatable bonds is 2. The molecule has 0 aromatic heterocycles. The van der Waals surface area contributed by atoms with E-state index in [1.807, 2.05) is 0 Å². The van der Waals surface area contributed by atoms with Gasteiger partial charge >= 0.3 is 0 Å². The van der Waals surface area contributed by atoms with Crippen molar-refractivity contribution in [1.29, 1.82) is 0 Å². The Morgan fingerprint density at radius 3 is 2.36 bits per heavy atom. The van der Waals surface area contributed by atoms with E-state index in [0.717, 1.165) is 4.47 Å². The van der Waals surface area contributed by atoms with Gasteiger partial charge in [0.15, 0.2) is 0 Å². The third kappa shape index (κ3) is 2.03. The summed E-state index contributed by atoms with van der Waals surface area (Å²) in [4.78, 5) is 10.1. The second kappa shape index (κ2) is 3.50. The predicted octanol–water partition coefficient (Wildman–Crippen LogP) is 1.80. The summed E-state index contributed by atoms with van der Waals surface area (Å²) < 4.78 is 0.903. The minimum absolute atomic E-state index is 0.337. The van der Waals surface area contributed by atoms with Crippen molar-refractivity contribution in [2.24, 2.45) is 0 Å². The van der Waals surface area contributed by atoms with Gasteiger partial charge < -0.3 is 0 Å². The zero-order chi connectivity index (χ0) is 8.27. The van der Waals surface area contributed by atoms with Crippen LogP contribution >= 0.6 is 15.9 Å². The summed E-state index contributed by atoms with van der Waals surface area (Å²) in [6, 6.07) is 6.72. The summed E-state index contributed by atoms with van der Waals surface area (Å²) in [6.45, 7) is 0. The molecule has 1 amide bonds. The molecule has 0 aliphatic rings. The van der Waals surface area contributed by atoms with Gasteiger partial charge in [-0.25, -0.2) is 0 Å². The van der Waals surface area contributed by atoms with Gasteiger partial charge in [-0.15, -0.1) is 0 Å². The molecule has 1 aromatic carbocycles. The van der Waals surface area contributed by atoms with Gasteiger partial charge in [-0.05, 0) is 24.3 Å². The molecule has 3 nitrogen and oxygen atoms in total. The molecule has 0 saturated carbocycles. The summed E-state index contributed by atoms with van der Waals surface area (Å²) in [5.74, 6) is 0. The summed E-state index contributed by atoms with van der Waals surface area (Å²) in [5.41, 5.74) is 0.447. The Morgan fingerprint density at radius 1 is 1.36 bits per heavy atom. The number of anilines is 1.